The summed E-state index contributed by atoms with van der Waals surface area (Å²) in [6, 6.07) is 54.6. The highest BCUT2D eigenvalue weighted by Gasteiger charge is 2.26. The number of esters is 1. The van der Waals surface area contributed by atoms with E-state index in [1.165, 1.54) is 27.8 Å². The second kappa shape index (κ2) is 19.5. The molecule has 0 N–H and O–H groups in total. The van der Waals surface area contributed by atoms with Crippen LogP contribution >= 0.6 is 0 Å². The summed E-state index contributed by atoms with van der Waals surface area (Å²) in [5.41, 5.74) is 10.4. The minimum absolute atomic E-state index is 0.0311. The lowest BCUT2D eigenvalue weighted by Gasteiger charge is -2.35. The van der Waals surface area contributed by atoms with Gasteiger partial charge in [-0.3, -0.25) is 9.59 Å². The standard InChI is InChI=1S/C54H56N2O3/c1-39(2)33-41-24-28-45(29-25-41)53(46-30-26-42(27-31-46)34-40(3)4)56(36-43-15-7-5-8-16-43)48-20-13-19-47(35-48)54(58)50-37-55(51-22-12-11-21-49(50)51)32-14-23-52(57)59-38-44-17-9-6-10-18-44/h5-13,15-22,24-31,35,37,39-40,53H,14,23,32-34,36,38H2,1-4H3. The van der Waals surface area contributed by atoms with Crippen molar-refractivity contribution >= 4 is 28.3 Å². The van der Waals surface area contributed by atoms with E-state index in [2.05, 4.69) is 128 Å². The Morgan fingerprint density at radius 3 is 1.80 bits per heavy atom. The Balaban J connectivity index is 1.20. The fraction of sp³-hybridized carbons (Fsp3) is 0.259. The molecule has 1 heterocycles. The van der Waals surface area contributed by atoms with Crippen molar-refractivity contribution in [3.05, 3.63) is 208 Å². The van der Waals surface area contributed by atoms with E-state index in [-0.39, 0.29) is 24.4 Å². The molecule has 0 saturated carbocycles. The Kier molecular flexibility index (Phi) is 13.5. The van der Waals surface area contributed by atoms with Gasteiger partial charge in [-0.05, 0) is 82.7 Å². The molecule has 7 rings (SSSR count). The molecule has 0 amide bonds. The molecule has 0 spiro atoms. The summed E-state index contributed by atoms with van der Waals surface area (Å²) in [6.45, 7) is 10.5. The van der Waals surface area contributed by atoms with Gasteiger partial charge >= 0.3 is 5.97 Å². The summed E-state index contributed by atoms with van der Waals surface area (Å²) in [7, 11) is 0. The van der Waals surface area contributed by atoms with E-state index >= 15 is 0 Å². The van der Waals surface area contributed by atoms with Crippen LogP contribution in [0.4, 0.5) is 5.69 Å². The Morgan fingerprint density at radius 2 is 1.19 bits per heavy atom. The predicted molar refractivity (Wildman–Crippen MR) is 242 cm³/mol. The smallest absolute Gasteiger partial charge is 0.306 e. The monoisotopic (exact) mass is 780 g/mol. The number of rotatable bonds is 18. The Hall–Kier alpha value is -6.20. The maximum Gasteiger partial charge on any atom is 0.306 e. The van der Waals surface area contributed by atoms with Gasteiger partial charge in [-0.2, -0.15) is 0 Å². The number of para-hydroxylation sites is 1. The van der Waals surface area contributed by atoms with Gasteiger partial charge in [0.05, 0.1) is 6.04 Å². The van der Waals surface area contributed by atoms with Crippen LogP contribution in [-0.2, 0) is 42.1 Å². The van der Waals surface area contributed by atoms with E-state index in [0.717, 1.165) is 35.0 Å². The maximum absolute atomic E-state index is 14.7. The number of carbonyl (C=O) groups is 2. The van der Waals surface area contributed by atoms with Crippen molar-refractivity contribution < 1.29 is 14.3 Å². The second-order valence-electron chi connectivity index (χ2n) is 16.6. The molecule has 0 aliphatic heterocycles. The third-order valence-corrected chi connectivity index (χ3v) is 10.9. The van der Waals surface area contributed by atoms with Crippen molar-refractivity contribution in [1.82, 2.24) is 4.57 Å². The Labute approximate surface area is 350 Å². The molecule has 0 aliphatic rings. The van der Waals surface area contributed by atoms with E-state index < -0.39 is 0 Å². The van der Waals surface area contributed by atoms with Crippen molar-refractivity contribution in [2.75, 3.05) is 4.90 Å². The minimum Gasteiger partial charge on any atom is -0.461 e. The number of fused-ring (bicyclic) bond motifs is 1. The first-order valence-corrected chi connectivity index (χ1v) is 21.1. The molecular formula is C54H56N2O3. The van der Waals surface area contributed by atoms with Gasteiger partial charge in [-0.25, -0.2) is 0 Å². The van der Waals surface area contributed by atoms with Crippen LogP contribution in [-0.4, -0.2) is 16.3 Å². The van der Waals surface area contributed by atoms with Gasteiger partial charge in [-0.15, -0.1) is 0 Å². The van der Waals surface area contributed by atoms with Gasteiger partial charge < -0.3 is 14.2 Å². The summed E-state index contributed by atoms with van der Waals surface area (Å²) >= 11 is 0. The molecule has 0 fully saturated rings. The minimum atomic E-state index is -0.227. The first kappa shape index (κ1) is 41.0. The van der Waals surface area contributed by atoms with E-state index in [4.69, 9.17) is 4.74 Å². The van der Waals surface area contributed by atoms with E-state index in [1.807, 2.05) is 72.9 Å². The molecule has 5 heteroatoms. The van der Waals surface area contributed by atoms with Crippen molar-refractivity contribution in [3.8, 4) is 0 Å². The summed E-state index contributed by atoms with van der Waals surface area (Å²) in [5, 5.41) is 0.900. The Bertz CT molecular complexity index is 2380. The van der Waals surface area contributed by atoms with Crippen LogP contribution in [0, 0.1) is 11.8 Å². The van der Waals surface area contributed by atoms with Gasteiger partial charge in [0.2, 0.25) is 0 Å². The summed E-state index contributed by atoms with van der Waals surface area (Å²) in [4.78, 5) is 29.7. The highest BCUT2D eigenvalue weighted by molar-refractivity contribution is 6.16. The van der Waals surface area contributed by atoms with Crippen molar-refractivity contribution in [2.45, 2.75) is 79.1 Å². The van der Waals surface area contributed by atoms with Crippen LogP contribution < -0.4 is 4.90 Å². The average molecular weight is 781 g/mol. The fourth-order valence-electron chi connectivity index (χ4n) is 8.08. The zero-order chi connectivity index (χ0) is 41.1. The van der Waals surface area contributed by atoms with Gasteiger partial charge in [0.25, 0.3) is 0 Å². The number of aryl methyl sites for hydroxylation is 1. The van der Waals surface area contributed by atoms with E-state index in [1.54, 1.807) is 0 Å². The van der Waals surface area contributed by atoms with Gasteiger partial charge in [0.15, 0.2) is 5.78 Å². The van der Waals surface area contributed by atoms with Crippen LogP contribution in [0.3, 0.4) is 0 Å². The molecule has 59 heavy (non-hydrogen) atoms. The van der Waals surface area contributed by atoms with Crippen molar-refractivity contribution in [3.63, 3.8) is 0 Å². The quantitative estimate of drug-likeness (QED) is 0.0643. The highest BCUT2D eigenvalue weighted by atomic mass is 16.5. The van der Waals surface area contributed by atoms with Gasteiger partial charge in [0, 0.05) is 53.4 Å². The molecule has 0 aliphatic carbocycles. The normalized spacial score (nSPS) is 11.4. The first-order valence-electron chi connectivity index (χ1n) is 21.1. The molecule has 0 saturated heterocycles. The number of ether oxygens (including phenoxy) is 1. The van der Waals surface area contributed by atoms with E-state index in [9.17, 15) is 9.59 Å². The lowest BCUT2D eigenvalue weighted by Crippen LogP contribution is -2.29. The third kappa shape index (κ3) is 10.7. The van der Waals surface area contributed by atoms with Crippen LogP contribution in [0.25, 0.3) is 10.9 Å². The lowest BCUT2D eigenvalue weighted by molar-refractivity contribution is -0.145. The number of hydrogen-bond donors (Lipinski definition) is 0. The number of ketones is 1. The second-order valence-corrected chi connectivity index (χ2v) is 16.6. The maximum atomic E-state index is 14.7. The molecule has 300 valence electrons. The topological polar surface area (TPSA) is 51.5 Å². The summed E-state index contributed by atoms with van der Waals surface area (Å²) in [5.74, 6) is 0.886. The summed E-state index contributed by atoms with van der Waals surface area (Å²) < 4.78 is 7.62. The highest BCUT2D eigenvalue weighted by Crippen LogP contribution is 2.36. The first-order chi connectivity index (χ1) is 28.7. The molecule has 6 aromatic carbocycles. The van der Waals surface area contributed by atoms with E-state index in [0.29, 0.717) is 48.9 Å². The molecule has 5 nitrogen and oxygen atoms in total. The zero-order valence-corrected chi connectivity index (χ0v) is 34.9. The number of hydrogen-bond acceptors (Lipinski definition) is 4. The number of nitrogens with zero attached hydrogens (tertiary/aromatic N) is 2. The molecule has 0 radical (unpaired) electrons. The molecule has 1 aromatic heterocycles. The zero-order valence-electron chi connectivity index (χ0n) is 34.9. The number of benzene rings is 6. The number of anilines is 1. The average Bonchev–Trinajstić information content (AvgIpc) is 3.62. The number of carbonyl (C=O) groups excluding carboxylic acids is 2. The van der Waals surface area contributed by atoms with Crippen LogP contribution in [0.2, 0.25) is 0 Å². The van der Waals surface area contributed by atoms with Gasteiger partial charge in [-0.1, -0.05) is 167 Å². The molecule has 0 atom stereocenters. The number of aromatic nitrogens is 1. The largest absolute Gasteiger partial charge is 0.461 e. The van der Waals surface area contributed by atoms with Crippen LogP contribution in [0.5, 0.6) is 0 Å². The van der Waals surface area contributed by atoms with Gasteiger partial charge in [0.1, 0.15) is 6.61 Å². The Morgan fingerprint density at radius 1 is 0.610 bits per heavy atom. The fourth-order valence-corrected chi connectivity index (χ4v) is 8.08. The van der Waals surface area contributed by atoms with Crippen LogP contribution in [0.1, 0.15) is 95.9 Å². The molecule has 0 unspecified atom stereocenters. The lowest BCUT2D eigenvalue weighted by atomic mass is 9.92. The van der Waals surface area contributed by atoms with Crippen LogP contribution in [0.15, 0.2) is 164 Å². The predicted octanol–water partition coefficient (Wildman–Crippen LogP) is 12.6. The van der Waals surface area contributed by atoms with Crippen molar-refractivity contribution in [1.29, 1.82) is 0 Å². The molecule has 7 aromatic rings. The third-order valence-electron chi connectivity index (χ3n) is 10.9. The SMILES string of the molecule is CC(C)Cc1ccc(C(c2ccc(CC(C)C)cc2)N(Cc2ccccc2)c2cccc(C(=O)c3cn(CCCC(=O)OCc4ccccc4)c4ccccc34)c2)cc1. The molecule has 0 bridgehead atoms. The van der Waals surface area contributed by atoms with Crippen molar-refractivity contribution in [2.24, 2.45) is 11.8 Å². The molecular weight excluding hydrogens is 725 g/mol. The summed E-state index contributed by atoms with van der Waals surface area (Å²) in [6.07, 6.45) is 4.91.